The maximum atomic E-state index is 9.17. The van der Waals surface area contributed by atoms with Crippen LogP contribution in [0.4, 0.5) is 0 Å². The predicted octanol–water partition coefficient (Wildman–Crippen LogP) is 2.67. The second-order valence-corrected chi connectivity index (χ2v) is 4.34. The Labute approximate surface area is 114 Å². The fourth-order valence-corrected chi connectivity index (χ4v) is 1.87. The quantitative estimate of drug-likeness (QED) is 0.798. The lowest BCUT2D eigenvalue weighted by molar-refractivity contribution is 0.295. The third-order valence-corrected chi connectivity index (χ3v) is 2.86. The van der Waals surface area contributed by atoms with Crippen LogP contribution in [0.25, 0.3) is 5.65 Å². The topological polar surface area (TPSA) is 59.7 Å². The molecule has 3 aromatic rings. The molecule has 5 nitrogen and oxygen atoms in total. The molecule has 96 valence electrons. The molecule has 0 bridgehead atoms. The Kier molecular flexibility index (Phi) is 2.97. The summed E-state index contributed by atoms with van der Waals surface area (Å²) in [5.41, 5.74) is 0.605. The average Bonchev–Trinajstić information content (AvgIpc) is 2.83. The van der Waals surface area contributed by atoms with Gasteiger partial charge >= 0.3 is 0 Å². The van der Waals surface area contributed by atoms with Crippen LogP contribution in [-0.4, -0.2) is 19.7 Å². The molecule has 1 N–H and O–H groups in total. The lowest BCUT2D eigenvalue weighted by Crippen LogP contribution is -1.97. The van der Waals surface area contributed by atoms with Crippen LogP contribution in [0.15, 0.2) is 42.6 Å². The third-order valence-electron chi connectivity index (χ3n) is 2.56. The van der Waals surface area contributed by atoms with Gasteiger partial charge in [-0.2, -0.15) is 0 Å². The number of aromatic hydroxyl groups is 1. The van der Waals surface area contributed by atoms with Crippen LogP contribution in [0.3, 0.4) is 0 Å². The zero-order valence-electron chi connectivity index (χ0n) is 9.82. The standard InChI is InChI=1S/C13H10ClN3O2/c14-11-2-1-7-17-13(11)15-12(16-17)8-19-10-5-3-9(18)4-6-10/h1-7,18H,8H2. The summed E-state index contributed by atoms with van der Waals surface area (Å²) in [7, 11) is 0. The number of halogens is 1. The van der Waals surface area contributed by atoms with Gasteiger partial charge in [-0.25, -0.2) is 9.50 Å². The summed E-state index contributed by atoms with van der Waals surface area (Å²) in [5, 5.41) is 14.0. The van der Waals surface area contributed by atoms with Gasteiger partial charge in [-0.3, -0.25) is 0 Å². The molecule has 3 rings (SSSR count). The molecular weight excluding hydrogens is 266 g/mol. The predicted molar refractivity (Wildman–Crippen MR) is 70.4 cm³/mol. The Hall–Kier alpha value is -2.27. The van der Waals surface area contributed by atoms with Gasteiger partial charge in [0, 0.05) is 6.20 Å². The van der Waals surface area contributed by atoms with Crippen LogP contribution in [0.5, 0.6) is 11.5 Å². The second kappa shape index (κ2) is 4.78. The van der Waals surface area contributed by atoms with E-state index in [9.17, 15) is 0 Å². The van der Waals surface area contributed by atoms with Crippen molar-refractivity contribution in [2.24, 2.45) is 0 Å². The van der Waals surface area contributed by atoms with Crippen LogP contribution < -0.4 is 4.74 Å². The summed E-state index contributed by atoms with van der Waals surface area (Å²) in [4.78, 5) is 4.29. The molecule has 0 unspecified atom stereocenters. The van der Waals surface area contributed by atoms with E-state index < -0.39 is 0 Å². The van der Waals surface area contributed by atoms with E-state index >= 15 is 0 Å². The van der Waals surface area contributed by atoms with Crippen LogP contribution in [0.2, 0.25) is 5.02 Å². The summed E-state index contributed by atoms with van der Waals surface area (Å²) in [6.07, 6.45) is 1.78. The van der Waals surface area contributed by atoms with E-state index in [1.54, 1.807) is 47.1 Å². The van der Waals surface area contributed by atoms with E-state index in [0.29, 0.717) is 22.2 Å². The van der Waals surface area contributed by atoms with Crippen LogP contribution in [-0.2, 0) is 6.61 Å². The van der Waals surface area contributed by atoms with Gasteiger partial charge in [-0.15, -0.1) is 5.10 Å². The molecule has 0 amide bonds. The largest absolute Gasteiger partial charge is 0.508 e. The summed E-state index contributed by atoms with van der Waals surface area (Å²) in [6.45, 7) is 0.239. The summed E-state index contributed by atoms with van der Waals surface area (Å²) in [5.74, 6) is 1.38. The number of aromatic nitrogens is 3. The van der Waals surface area contributed by atoms with Gasteiger partial charge in [-0.1, -0.05) is 11.6 Å². The van der Waals surface area contributed by atoms with Gasteiger partial charge in [0.05, 0.1) is 5.02 Å². The van der Waals surface area contributed by atoms with Gasteiger partial charge in [0.25, 0.3) is 0 Å². The number of phenols is 1. The molecule has 0 radical (unpaired) electrons. The highest BCUT2D eigenvalue weighted by atomic mass is 35.5. The van der Waals surface area contributed by atoms with Crippen molar-refractivity contribution in [3.63, 3.8) is 0 Å². The first-order valence-electron chi connectivity index (χ1n) is 5.64. The molecular formula is C13H10ClN3O2. The van der Waals surface area contributed by atoms with Crippen LogP contribution in [0.1, 0.15) is 5.82 Å². The van der Waals surface area contributed by atoms with Crippen molar-refractivity contribution in [1.82, 2.24) is 14.6 Å². The van der Waals surface area contributed by atoms with E-state index in [2.05, 4.69) is 10.1 Å². The van der Waals surface area contributed by atoms with E-state index in [-0.39, 0.29) is 12.4 Å². The smallest absolute Gasteiger partial charge is 0.189 e. The van der Waals surface area contributed by atoms with Crippen LogP contribution >= 0.6 is 11.6 Å². The first-order valence-corrected chi connectivity index (χ1v) is 6.02. The lowest BCUT2D eigenvalue weighted by Gasteiger charge is -2.02. The molecule has 0 atom stereocenters. The molecule has 0 spiro atoms. The number of rotatable bonds is 3. The number of hydrogen-bond acceptors (Lipinski definition) is 4. The van der Waals surface area contributed by atoms with Crippen molar-refractivity contribution in [3.8, 4) is 11.5 Å². The maximum Gasteiger partial charge on any atom is 0.189 e. The minimum atomic E-state index is 0.199. The number of benzene rings is 1. The SMILES string of the molecule is Oc1ccc(OCc2nc3c(Cl)cccn3n2)cc1. The molecule has 6 heteroatoms. The number of fused-ring (bicyclic) bond motifs is 1. The Bertz CT molecular complexity index is 709. The van der Waals surface area contributed by atoms with Gasteiger partial charge in [0.2, 0.25) is 0 Å². The van der Waals surface area contributed by atoms with Crippen molar-refractivity contribution in [1.29, 1.82) is 0 Å². The molecule has 0 aliphatic heterocycles. The Morgan fingerprint density at radius 3 is 2.74 bits per heavy atom. The minimum absolute atomic E-state index is 0.199. The van der Waals surface area contributed by atoms with E-state index in [0.717, 1.165) is 0 Å². The van der Waals surface area contributed by atoms with Crippen LogP contribution in [0, 0.1) is 0 Å². The lowest BCUT2D eigenvalue weighted by atomic mass is 10.3. The van der Waals surface area contributed by atoms with Crippen molar-refractivity contribution in [3.05, 3.63) is 53.4 Å². The molecule has 0 fully saturated rings. The first-order chi connectivity index (χ1) is 9.22. The zero-order valence-corrected chi connectivity index (χ0v) is 10.6. The Balaban J connectivity index is 1.78. The second-order valence-electron chi connectivity index (χ2n) is 3.93. The average molecular weight is 276 g/mol. The molecule has 0 aliphatic carbocycles. The van der Waals surface area contributed by atoms with Gasteiger partial charge in [0.1, 0.15) is 18.1 Å². The van der Waals surface area contributed by atoms with Crippen molar-refractivity contribution < 1.29 is 9.84 Å². The van der Waals surface area contributed by atoms with Gasteiger partial charge in [0.15, 0.2) is 11.5 Å². The van der Waals surface area contributed by atoms with Crippen molar-refractivity contribution >= 4 is 17.2 Å². The van der Waals surface area contributed by atoms with E-state index in [4.69, 9.17) is 21.4 Å². The molecule has 0 aliphatic rings. The molecule has 19 heavy (non-hydrogen) atoms. The molecule has 1 aromatic carbocycles. The number of phenolic OH excluding ortho intramolecular Hbond substituents is 1. The highest BCUT2D eigenvalue weighted by Crippen LogP contribution is 2.18. The normalized spacial score (nSPS) is 10.8. The number of ether oxygens (including phenoxy) is 1. The van der Waals surface area contributed by atoms with Gasteiger partial charge < -0.3 is 9.84 Å². The Morgan fingerprint density at radius 1 is 1.21 bits per heavy atom. The molecule has 0 saturated heterocycles. The minimum Gasteiger partial charge on any atom is -0.508 e. The first kappa shape index (κ1) is 11.8. The third kappa shape index (κ3) is 2.46. The van der Waals surface area contributed by atoms with E-state index in [1.807, 2.05) is 0 Å². The summed E-state index contributed by atoms with van der Waals surface area (Å²) in [6, 6.07) is 10.0. The fraction of sp³-hybridized carbons (Fsp3) is 0.0769. The van der Waals surface area contributed by atoms with Gasteiger partial charge in [-0.05, 0) is 36.4 Å². The molecule has 2 heterocycles. The number of hydrogen-bond donors (Lipinski definition) is 1. The number of nitrogens with zero attached hydrogens (tertiary/aromatic N) is 3. The Morgan fingerprint density at radius 2 is 2.00 bits per heavy atom. The monoisotopic (exact) mass is 275 g/mol. The zero-order chi connectivity index (χ0) is 13.2. The fourth-order valence-electron chi connectivity index (χ4n) is 1.67. The summed E-state index contributed by atoms with van der Waals surface area (Å²) >= 11 is 6.01. The molecule has 2 aromatic heterocycles. The van der Waals surface area contributed by atoms with E-state index in [1.165, 1.54) is 0 Å². The highest BCUT2D eigenvalue weighted by molar-refractivity contribution is 6.33. The van der Waals surface area contributed by atoms with Crippen molar-refractivity contribution in [2.45, 2.75) is 6.61 Å². The molecule has 0 saturated carbocycles. The van der Waals surface area contributed by atoms with Crippen molar-refractivity contribution in [2.75, 3.05) is 0 Å². The maximum absolute atomic E-state index is 9.17. The highest BCUT2D eigenvalue weighted by Gasteiger charge is 2.07. The summed E-state index contributed by atoms with van der Waals surface area (Å²) < 4.78 is 7.13. The number of pyridine rings is 1.